The summed E-state index contributed by atoms with van der Waals surface area (Å²) in [7, 11) is 0. The second kappa shape index (κ2) is 6.77. The molecule has 0 saturated heterocycles. The van der Waals surface area contributed by atoms with Gasteiger partial charge >= 0.3 is 0 Å². The zero-order chi connectivity index (χ0) is 21.8. The van der Waals surface area contributed by atoms with E-state index in [1.54, 1.807) is 16.9 Å². The second-order valence-corrected chi connectivity index (χ2v) is 8.37. The zero-order valence-corrected chi connectivity index (χ0v) is 17.6. The fraction of sp³-hybridized carbons (Fsp3) is 0.120. The van der Waals surface area contributed by atoms with Gasteiger partial charge in [-0.1, -0.05) is 24.3 Å². The summed E-state index contributed by atoms with van der Waals surface area (Å²) in [6.45, 7) is 0. The molecule has 158 valence electrons. The van der Waals surface area contributed by atoms with E-state index in [2.05, 4.69) is 49.5 Å². The van der Waals surface area contributed by atoms with Gasteiger partial charge in [0.05, 0.1) is 22.8 Å². The van der Waals surface area contributed by atoms with Gasteiger partial charge in [-0.25, -0.2) is 9.67 Å². The van der Waals surface area contributed by atoms with E-state index < -0.39 is 0 Å². The Morgan fingerprint density at radius 3 is 2.58 bits per heavy atom. The molecule has 0 N–H and O–H groups in total. The maximum Gasteiger partial charge on any atom is 0.271 e. The molecule has 8 nitrogen and oxygen atoms in total. The predicted molar refractivity (Wildman–Crippen MR) is 123 cm³/mol. The Bertz CT molecular complexity index is 1610. The minimum absolute atomic E-state index is 0.194. The smallest absolute Gasteiger partial charge is 0.256 e. The van der Waals surface area contributed by atoms with Gasteiger partial charge in [0.25, 0.3) is 5.78 Å². The molecule has 0 bridgehead atoms. The van der Waals surface area contributed by atoms with Gasteiger partial charge in [0.2, 0.25) is 0 Å². The Morgan fingerprint density at radius 2 is 1.76 bits per heavy atom. The minimum atomic E-state index is -0.194. The molecule has 0 atom stereocenters. The fourth-order valence-electron chi connectivity index (χ4n) is 4.47. The third kappa shape index (κ3) is 2.84. The molecule has 0 aliphatic heterocycles. The predicted octanol–water partition coefficient (Wildman–Crippen LogP) is 4.00. The van der Waals surface area contributed by atoms with Crippen LogP contribution in [0, 0.1) is 0 Å². The van der Waals surface area contributed by atoms with Crippen LogP contribution in [0.2, 0.25) is 0 Å². The van der Waals surface area contributed by atoms with Crippen LogP contribution < -0.4 is 0 Å². The maximum atomic E-state index is 4.89. The Balaban J connectivity index is 1.30. The first-order valence-corrected chi connectivity index (χ1v) is 10.8. The maximum absolute atomic E-state index is 4.89. The minimum Gasteiger partial charge on any atom is -0.256 e. The third-order valence-electron chi connectivity index (χ3n) is 6.40. The lowest BCUT2D eigenvalue weighted by atomic mass is 9.94. The molecule has 7 rings (SSSR count). The number of fused-ring (bicyclic) bond motifs is 2. The van der Waals surface area contributed by atoms with Crippen molar-refractivity contribution in [3.05, 3.63) is 96.8 Å². The SMILES string of the molecule is c1cnc2ccc(C3(c4nnc5ncc(-c6ccc(-n7cccn7)cc6)nn45)CC3)cc2c1. The van der Waals surface area contributed by atoms with Crippen LogP contribution in [0.1, 0.15) is 24.2 Å². The van der Waals surface area contributed by atoms with Crippen molar-refractivity contribution in [2.45, 2.75) is 18.3 Å². The van der Waals surface area contributed by atoms with E-state index in [1.165, 1.54) is 5.56 Å². The van der Waals surface area contributed by atoms with Crippen LogP contribution in [-0.2, 0) is 5.41 Å². The lowest BCUT2D eigenvalue weighted by molar-refractivity contribution is 0.703. The summed E-state index contributed by atoms with van der Waals surface area (Å²) in [5, 5.41) is 19.1. The zero-order valence-electron chi connectivity index (χ0n) is 17.6. The van der Waals surface area contributed by atoms with Gasteiger partial charge in [-0.2, -0.15) is 14.7 Å². The van der Waals surface area contributed by atoms with Gasteiger partial charge in [0, 0.05) is 29.5 Å². The van der Waals surface area contributed by atoms with Gasteiger partial charge in [-0.3, -0.25) is 4.98 Å². The van der Waals surface area contributed by atoms with E-state index >= 15 is 0 Å². The quantitative estimate of drug-likeness (QED) is 0.420. The molecule has 1 saturated carbocycles. The lowest BCUT2D eigenvalue weighted by Gasteiger charge is -2.14. The number of pyridine rings is 1. The highest BCUT2D eigenvalue weighted by molar-refractivity contribution is 5.79. The molecule has 2 aromatic carbocycles. The summed E-state index contributed by atoms with van der Waals surface area (Å²) in [5.41, 5.74) is 4.75. The molecule has 0 radical (unpaired) electrons. The van der Waals surface area contributed by atoms with Crippen molar-refractivity contribution < 1.29 is 0 Å². The number of hydrogen-bond donors (Lipinski definition) is 0. The van der Waals surface area contributed by atoms with Crippen LogP contribution in [0.5, 0.6) is 0 Å². The van der Waals surface area contributed by atoms with E-state index in [0.717, 1.165) is 46.5 Å². The molecule has 4 aromatic heterocycles. The number of benzene rings is 2. The summed E-state index contributed by atoms with van der Waals surface area (Å²) in [6.07, 6.45) is 9.26. The molecule has 1 fully saturated rings. The van der Waals surface area contributed by atoms with Gasteiger partial charge in [0.15, 0.2) is 5.82 Å². The summed E-state index contributed by atoms with van der Waals surface area (Å²) in [4.78, 5) is 8.98. The molecule has 8 heteroatoms. The topological polar surface area (TPSA) is 86.7 Å². The Labute approximate surface area is 188 Å². The van der Waals surface area contributed by atoms with E-state index in [1.807, 2.05) is 53.5 Å². The Morgan fingerprint density at radius 1 is 0.848 bits per heavy atom. The molecule has 6 aromatic rings. The highest BCUT2D eigenvalue weighted by Gasteiger charge is 2.50. The van der Waals surface area contributed by atoms with E-state index in [4.69, 9.17) is 5.10 Å². The second-order valence-electron chi connectivity index (χ2n) is 8.37. The standard InChI is InChI=1S/C25H18N8/c1-3-18-15-19(6-9-21(18)26-12-1)25(10-11-25)23-29-30-24-27-16-22(31-33(23)24)17-4-7-20(8-5-17)32-14-2-13-28-32/h1-9,12-16H,10-11H2. The lowest BCUT2D eigenvalue weighted by Crippen LogP contribution is -2.15. The summed E-state index contributed by atoms with van der Waals surface area (Å²) < 4.78 is 3.63. The van der Waals surface area contributed by atoms with Crippen molar-refractivity contribution >= 4 is 16.7 Å². The summed E-state index contributed by atoms with van der Waals surface area (Å²) >= 11 is 0. The van der Waals surface area contributed by atoms with Gasteiger partial charge < -0.3 is 0 Å². The molecule has 4 heterocycles. The summed E-state index contributed by atoms with van der Waals surface area (Å²) in [5.74, 6) is 1.35. The van der Waals surface area contributed by atoms with Crippen LogP contribution >= 0.6 is 0 Å². The van der Waals surface area contributed by atoms with E-state index in [9.17, 15) is 0 Å². The Hall–Kier alpha value is -4.46. The molecule has 0 amide bonds. The average Bonchev–Trinajstić information content (AvgIpc) is 3.29. The first-order chi connectivity index (χ1) is 16.3. The molecular formula is C25H18N8. The van der Waals surface area contributed by atoms with Crippen molar-refractivity contribution in [1.29, 1.82) is 0 Å². The molecule has 0 unspecified atom stereocenters. The van der Waals surface area contributed by atoms with Crippen molar-refractivity contribution in [3.63, 3.8) is 0 Å². The largest absolute Gasteiger partial charge is 0.271 e. The average molecular weight is 430 g/mol. The van der Waals surface area contributed by atoms with E-state index in [0.29, 0.717) is 5.78 Å². The van der Waals surface area contributed by atoms with Crippen molar-refractivity contribution in [2.75, 3.05) is 0 Å². The number of aromatic nitrogens is 8. The first-order valence-electron chi connectivity index (χ1n) is 10.8. The van der Waals surface area contributed by atoms with Crippen molar-refractivity contribution in [1.82, 2.24) is 39.6 Å². The van der Waals surface area contributed by atoms with Crippen molar-refractivity contribution in [3.8, 4) is 16.9 Å². The van der Waals surface area contributed by atoms with Crippen LogP contribution in [0.15, 0.2) is 85.5 Å². The first kappa shape index (κ1) is 18.1. The highest BCUT2D eigenvalue weighted by atomic mass is 15.4. The van der Waals surface area contributed by atoms with Crippen LogP contribution in [0.3, 0.4) is 0 Å². The molecule has 0 spiro atoms. The highest BCUT2D eigenvalue weighted by Crippen LogP contribution is 2.53. The number of hydrogen-bond acceptors (Lipinski definition) is 6. The Kier molecular flexibility index (Phi) is 3.72. The van der Waals surface area contributed by atoms with Gasteiger partial charge in [0.1, 0.15) is 5.69 Å². The third-order valence-corrected chi connectivity index (χ3v) is 6.40. The van der Waals surface area contributed by atoms with Crippen molar-refractivity contribution in [2.24, 2.45) is 0 Å². The van der Waals surface area contributed by atoms with Gasteiger partial charge in [-0.15, -0.1) is 10.2 Å². The molecule has 1 aliphatic rings. The number of rotatable bonds is 4. The monoisotopic (exact) mass is 430 g/mol. The fourth-order valence-corrected chi connectivity index (χ4v) is 4.47. The van der Waals surface area contributed by atoms with Gasteiger partial charge in [-0.05, 0) is 54.8 Å². The van der Waals surface area contributed by atoms with Crippen LogP contribution in [-0.4, -0.2) is 39.6 Å². The number of nitrogens with zero attached hydrogens (tertiary/aromatic N) is 8. The van der Waals surface area contributed by atoms with Crippen LogP contribution in [0.25, 0.3) is 33.6 Å². The molecule has 33 heavy (non-hydrogen) atoms. The molecule has 1 aliphatic carbocycles. The van der Waals surface area contributed by atoms with E-state index in [-0.39, 0.29) is 5.41 Å². The summed E-state index contributed by atoms with van der Waals surface area (Å²) in [6, 6.07) is 20.5. The normalized spacial score (nSPS) is 14.7. The molecular weight excluding hydrogens is 412 g/mol. The van der Waals surface area contributed by atoms with Crippen LogP contribution in [0.4, 0.5) is 0 Å².